The third kappa shape index (κ3) is 2.89. The van der Waals surface area contributed by atoms with E-state index >= 15 is 0 Å². The predicted molar refractivity (Wildman–Crippen MR) is 77.0 cm³/mol. The summed E-state index contributed by atoms with van der Waals surface area (Å²) < 4.78 is 0. The van der Waals surface area contributed by atoms with E-state index in [4.69, 9.17) is 10.2 Å². The number of hydrogen-bond acceptors (Lipinski definition) is 4. The van der Waals surface area contributed by atoms with E-state index < -0.39 is 0 Å². The molecule has 0 bridgehead atoms. The Kier molecular flexibility index (Phi) is 3.91. The van der Waals surface area contributed by atoms with Crippen LogP contribution in [-0.4, -0.2) is 10.2 Å². The minimum atomic E-state index is 0.601. The normalized spacial score (nSPS) is 20.8. The molecule has 0 spiro atoms. The van der Waals surface area contributed by atoms with Gasteiger partial charge in [-0.05, 0) is 25.7 Å². The van der Waals surface area contributed by atoms with Crippen LogP contribution in [0.5, 0.6) is 0 Å². The maximum Gasteiger partial charge on any atom is 0.128 e. The van der Waals surface area contributed by atoms with Gasteiger partial charge >= 0.3 is 0 Å². The van der Waals surface area contributed by atoms with Crippen molar-refractivity contribution in [3.63, 3.8) is 0 Å². The zero-order valence-electron chi connectivity index (χ0n) is 10.5. The van der Waals surface area contributed by atoms with E-state index in [2.05, 4.69) is 17.8 Å². The van der Waals surface area contributed by atoms with Crippen LogP contribution < -0.4 is 0 Å². The molecule has 0 radical (unpaired) electrons. The van der Waals surface area contributed by atoms with Gasteiger partial charge < -0.3 is 0 Å². The highest BCUT2D eigenvalue weighted by Crippen LogP contribution is 2.43. The number of nitriles is 1. The summed E-state index contributed by atoms with van der Waals surface area (Å²) in [4.78, 5) is 5.57. The predicted octanol–water partition coefficient (Wildman–Crippen LogP) is 4.46. The minimum absolute atomic E-state index is 0.601. The molecular formula is C14H18N2S2. The van der Waals surface area contributed by atoms with Gasteiger partial charge in [-0.3, -0.25) is 0 Å². The van der Waals surface area contributed by atoms with E-state index in [1.807, 2.05) is 0 Å². The Morgan fingerprint density at radius 1 is 1.22 bits per heavy atom. The number of rotatable bonds is 4. The van der Waals surface area contributed by atoms with Crippen LogP contribution in [0.3, 0.4) is 0 Å². The maximum atomic E-state index is 9.14. The molecule has 18 heavy (non-hydrogen) atoms. The Hall–Kier alpha value is -0.530. The Balaban J connectivity index is 1.60. The molecule has 0 atom stereocenters. The van der Waals surface area contributed by atoms with Crippen molar-refractivity contribution in [1.82, 2.24) is 4.98 Å². The Morgan fingerprint density at radius 2 is 2.00 bits per heavy atom. The van der Waals surface area contributed by atoms with Crippen LogP contribution in [0.25, 0.3) is 0 Å². The molecule has 0 N–H and O–H groups in total. The topological polar surface area (TPSA) is 36.7 Å². The van der Waals surface area contributed by atoms with Crippen LogP contribution in [0.1, 0.15) is 66.4 Å². The molecule has 4 heteroatoms. The van der Waals surface area contributed by atoms with Crippen molar-refractivity contribution in [3.05, 3.63) is 15.6 Å². The van der Waals surface area contributed by atoms with Crippen LogP contribution >= 0.6 is 23.1 Å². The molecule has 0 saturated heterocycles. The lowest BCUT2D eigenvalue weighted by molar-refractivity contribution is 0.516. The average Bonchev–Trinajstić information content (AvgIpc) is 3.18. The molecule has 2 aliphatic carbocycles. The van der Waals surface area contributed by atoms with Gasteiger partial charge in [0.1, 0.15) is 16.0 Å². The van der Waals surface area contributed by atoms with E-state index in [-0.39, 0.29) is 0 Å². The van der Waals surface area contributed by atoms with Crippen molar-refractivity contribution >= 4 is 23.1 Å². The molecule has 96 valence electrons. The number of thioether (sulfide) groups is 1. The molecule has 2 nitrogen and oxygen atoms in total. The Labute approximate surface area is 117 Å². The first-order chi connectivity index (χ1) is 8.86. The molecule has 1 aromatic heterocycles. The zero-order chi connectivity index (χ0) is 12.4. The standard InChI is InChI=1S/C14H18N2S2/c15-8-12-14(10-6-7-10)16-13(18-12)9-17-11-4-2-1-3-5-11/h10-11H,1-7,9H2. The lowest BCUT2D eigenvalue weighted by Gasteiger charge is -2.20. The highest BCUT2D eigenvalue weighted by molar-refractivity contribution is 7.99. The molecule has 0 unspecified atom stereocenters. The summed E-state index contributed by atoms with van der Waals surface area (Å²) in [6.45, 7) is 0. The van der Waals surface area contributed by atoms with Crippen molar-refractivity contribution in [2.45, 2.75) is 61.9 Å². The minimum Gasteiger partial charge on any atom is -0.244 e. The van der Waals surface area contributed by atoms with Gasteiger partial charge in [-0.1, -0.05) is 19.3 Å². The van der Waals surface area contributed by atoms with Gasteiger partial charge in [0.25, 0.3) is 0 Å². The van der Waals surface area contributed by atoms with E-state index in [0.29, 0.717) is 5.92 Å². The monoisotopic (exact) mass is 278 g/mol. The first-order valence-corrected chi connectivity index (χ1v) is 8.74. The molecular weight excluding hydrogens is 260 g/mol. The molecule has 0 aromatic carbocycles. The van der Waals surface area contributed by atoms with Crippen molar-refractivity contribution in [2.75, 3.05) is 0 Å². The second-order valence-electron chi connectivity index (χ2n) is 5.28. The largest absolute Gasteiger partial charge is 0.244 e. The van der Waals surface area contributed by atoms with E-state index in [1.54, 1.807) is 11.3 Å². The molecule has 3 rings (SSSR count). The van der Waals surface area contributed by atoms with Gasteiger partial charge in [0.15, 0.2) is 0 Å². The van der Waals surface area contributed by atoms with Gasteiger partial charge in [-0.15, -0.1) is 11.3 Å². The first kappa shape index (κ1) is 12.5. The van der Waals surface area contributed by atoms with Crippen molar-refractivity contribution in [3.8, 4) is 6.07 Å². The van der Waals surface area contributed by atoms with Crippen molar-refractivity contribution < 1.29 is 0 Å². The summed E-state index contributed by atoms with van der Waals surface area (Å²) in [5.41, 5.74) is 1.10. The summed E-state index contributed by atoms with van der Waals surface area (Å²) in [5, 5.41) is 11.1. The second kappa shape index (κ2) is 5.63. The van der Waals surface area contributed by atoms with Gasteiger partial charge in [0, 0.05) is 16.9 Å². The van der Waals surface area contributed by atoms with E-state index in [9.17, 15) is 0 Å². The van der Waals surface area contributed by atoms with Crippen molar-refractivity contribution in [1.29, 1.82) is 5.26 Å². The SMILES string of the molecule is N#Cc1sc(CSC2CCCCC2)nc1C1CC1. The number of nitrogens with zero attached hydrogens (tertiary/aromatic N) is 2. The molecule has 1 aromatic rings. The zero-order valence-corrected chi connectivity index (χ0v) is 12.2. The number of thiazole rings is 1. The molecule has 2 saturated carbocycles. The lowest BCUT2D eigenvalue weighted by Crippen LogP contribution is -2.08. The quantitative estimate of drug-likeness (QED) is 0.816. The highest BCUT2D eigenvalue weighted by atomic mass is 32.2. The summed E-state index contributed by atoms with van der Waals surface area (Å²) in [5.74, 6) is 1.61. The third-order valence-corrected chi connectivity index (χ3v) is 6.30. The molecule has 0 aliphatic heterocycles. The second-order valence-corrected chi connectivity index (χ2v) is 7.65. The fraction of sp³-hybridized carbons (Fsp3) is 0.714. The van der Waals surface area contributed by atoms with Crippen LogP contribution in [-0.2, 0) is 5.75 Å². The molecule has 2 aliphatic rings. The van der Waals surface area contributed by atoms with Crippen LogP contribution in [0, 0.1) is 11.3 Å². The number of aromatic nitrogens is 1. The van der Waals surface area contributed by atoms with Gasteiger partial charge in [0.2, 0.25) is 0 Å². The first-order valence-electron chi connectivity index (χ1n) is 6.88. The summed E-state index contributed by atoms with van der Waals surface area (Å²) in [6.07, 6.45) is 9.41. The Bertz CT molecular complexity index is 451. The van der Waals surface area contributed by atoms with Crippen LogP contribution in [0.4, 0.5) is 0 Å². The fourth-order valence-electron chi connectivity index (χ4n) is 2.57. The lowest BCUT2D eigenvalue weighted by atomic mass is 10.0. The fourth-order valence-corrected chi connectivity index (χ4v) is 4.87. The average molecular weight is 278 g/mol. The summed E-state index contributed by atoms with van der Waals surface area (Å²) in [6, 6.07) is 2.32. The molecule has 1 heterocycles. The molecule has 0 amide bonds. The van der Waals surface area contributed by atoms with Gasteiger partial charge in [-0.2, -0.15) is 17.0 Å². The summed E-state index contributed by atoms with van der Waals surface area (Å²) in [7, 11) is 0. The van der Waals surface area contributed by atoms with E-state index in [1.165, 1.54) is 50.0 Å². The smallest absolute Gasteiger partial charge is 0.128 e. The van der Waals surface area contributed by atoms with E-state index in [0.717, 1.165) is 21.6 Å². The third-order valence-electron chi connectivity index (χ3n) is 3.76. The highest BCUT2D eigenvalue weighted by Gasteiger charge is 2.29. The summed E-state index contributed by atoms with van der Waals surface area (Å²) >= 11 is 3.68. The number of hydrogen-bond donors (Lipinski definition) is 0. The van der Waals surface area contributed by atoms with Crippen LogP contribution in [0.15, 0.2) is 0 Å². The van der Waals surface area contributed by atoms with Crippen molar-refractivity contribution in [2.24, 2.45) is 0 Å². The van der Waals surface area contributed by atoms with Crippen LogP contribution in [0.2, 0.25) is 0 Å². The Morgan fingerprint density at radius 3 is 2.67 bits per heavy atom. The maximum absolute atomic E-state index is 9.14. The molecule has 2 fully saturated rings. The van der Waals surface area contributed by atoms with Gasteiger partial charge in [0.05, 0.1) is 5.69 Å². The van der Waals surface area contributed by atoms with Gasteiger partial charge in [-0.25, -0.2) is 4.98 Å².